The molecule has 0 aliphatic carbocycles. The van der Waals surface area contributed by atoms with Crippen LogP contribution in [0.15, 0.2) is 157 Å². The van der Waals surface area contributed by atoms with Crippen LogP contribution in [0.2, 0.25) is 0 Å². The second kappa shape index (κ2) is 15.4. The summed E-state index contributed by atoms with van der Waals surface area (Å²) in [4.78, 5) is 43.0. The molecular weight excluding hydrogens is 676 g/mol. The third kappa shape index (κ3) is 7.07. The Kier molecular flexibility index (Phi) is 10.3. The summed E-state index contributed by atoms with van der Waals surface area (Å²) in [7, 11) is -1.23. The molecule has 1 saturated heterocycles. The molecule has 2 aliphatic heterocycles. The van der Waals surface area contributed by atoms with Gasteiger partial charge in [0.15, 0.2) is 0 Å². The Labute approximate surface area is 303 Å². The molecule has 5 aromatic rings. The Balaban J connectivity index is 1.27. The van der Waals surface area contributed by atoms with E-state index >= 15 is 0 Å². The number of amides is 2. The monoisotopic (exact) mass is 714 g/mol. The number of nitrogens with zero attached hydrogens (tertiary/aromatic N) is 1. The third-order valence-corrected chi connectivity index (χ3v) is 15.8. The van der Waals surface area contributed by atoms with Gasteiger partial charge < -0.3 is 0 Å². The summed E-state index contributed by atoms with van der Waals surface area (Å²) >= 11 is 1.58. The average Bonchev–Trinajstić information content (AvgIpc) is 3.19. The maximum absolute atomic E-state index is 14.3. The Morgan fingerprint density at radius 3 is 1.80 bits per heavy atom. The van der Waals surface area contributed by atoms with Crippen molar-refractivity contribution in [3.05, 3.63) is 168 Å². The Morgan fingerprint density at radius 1 is 0.745 bits per heavy atom. The molecule has 0 aromatic heterocycles. The molecular formula is C42H39N2O5PS. The number of carbonyl (C=O) groups is 3. The SMILES string of the molecule is COc1ccc(COC(=O)C2=C(C[PH](c3ccccc3)(c3ccccc3)c3ccccc3)CSC3[C@H](NC(=O)Cc4ccccc4)C(=O)N23)cc1. The topological polar surface area (TPSA) is 84.9 Å². The van der Waals surface area contributed by atoms with Gasteiger partial charge in [-0.2, -0.15) is 0 Å². The summed E-state index contributed by atoms with van der Waals surface area (Å²) < 4.78 is 11.3. The molecule has 2 atom stereocenters. The van der Waals surface area contributed by atoms with Gasteiger partial charge >= 0.3 is 298 Å². The van der Waals surface area contributed by atoms with Crippen molar-refractivity contribution in [3.63, 3.8) is 0 Å². The van der Waals surface area contributed by atoms with Crippen molar-refractivity contribution < 1.29 is 23.9 Å². The normalized spacial score (nSPS) is 17.2. The first-order chi connectivity index (χ1) is 25.0. The molecule has 1 fully saturated rings. The standard InChI is InChI=1S/C42H39N2O5PS/c1-48-33-24-22-31(23-25-33)27-49-42(47)39-32(29-51-41-38(40(46)44(39)41)43-37(45)26-30-14-6-2-7-15-30)28-50(34-16-8-3-9-17-34,35-18-10-4-11-19-35)36-20-12-5-13-21-36/h2-25,38,41,50H,26-29H2,1H3,(H,43,45)/t38-,41?/m1/s1. The molecule has 51 heavy (non-hydrogen) atoms. The van der Waals surface area contributed by atoms with E-state index in [0.29, 0.717) is 17.7 Å². The van der Waals surface area contributed by atoms with E-state index in [4.69, 9.17) is 9.47 Å². The van der Waals surface area contributed by atoms with Crippen molar-refractivity contribution in [2.45, 2.75) is 24.4 Å². The second-order valence-electron chi connectivity index (χ2n) is 12.7. The molecule has 0 radical (unpaired) electrons. The van der Waals surface area contributed by atoms with E-state index in [1.165, 1.54) is 15.9 Å². The van der Waals surface area contributed by atoms with Gasteiger partial charge in [0.1, 0.15) is 0 Å². The number of carbonyl (C=O) groups excluding carboxylic acids is 3. The van der Waals surface area contributed by atoms with Crippen LogP contribution in [0.25, 0.3) is 0 Å². The molecule has 5 aromatic carbocycles. The molecule has 0 bridgehead atoms. The summed E-state index contributed by atoms with van der Waals surface area (Å²) in [6.07, 6.45) is 0.728. The number of β-lactam (4-membered cyclic amide) rings is 1. The van der Waals surface area contributed by atoms with Gasteiger partial charge in [0, 0.05) is 0 Å². The molecule has 0 saturated carbocycles. The zero-order valence-electron chi connectivity index (χ0n) is 28.2. The number of benzene rings is 5. The Bertz CT molecular complexity index is 1930. The van der Waals surface area contributed by atoms with Gasteiger partial charge in [0.25, 0.3) is 0 Å². The van der Waals surface area contributed by atoms with Crippen LogP contribution in [0, 0.1) is 0 Å². The number of ether oxygens (including phenoxy) is 2. The number of nitrogens with one attached hydrogen (secondary N) is 1. The Morgan fingerprint density at radius 2 is 1.27 bits per heavy atom. The summed E-state index contributed by atoms with van der Waals surface area (Å²) in [6.45, 7) is 0.0370. The number of hydrogen-bond donors (Lipinski definition) is 1. The van der Waals surface area contributed by atoms with Crippen LogP contribution in [0.1, 0.15) is 11.1 Å². The maximum atomic E-state index is 14.3. The third-order valence-electron chi connectivity index (χ3n) is 9.57. The van der Waals surface area contributed by atoms with Crippen LogP contribution < -0.4 is 26.0 Å². The predicted molar refractivity (Wildman–Crippen MR) is 206 cm³/mol. The zero-order chi connectivity index (χ0) is 35.2. The molecule has 1 unspecified atom stereocenters. The van der Waals surface area contributed by atoms with Gasteiger partial charge in [-0.25, -0.2) is 0 Å². The van der Waals surface area contributed by atoms with Crippen LogP contribution in [0.3, 0.4) is 0 Å². The summed E-state index contributed by atoms with van der Waals surface area (Å²) in [5.74, 6) is 0.118. The summed E-state index contributed by atoms with van der Waals surface area (Å²) in [6, 6.07) is 47.6. The number of hydrogen-bond acceptors (Lipinski definition) is 6. The van der Waals surface area contributed by atoms with Crippen LogP contribution in [-0.4, -0.2) is 53.1 Å². The van der Waals surface area contributed by atoms with E-state index in [-0.39, 0.29) is 30.5 Å². The van der Waals surface area contributed by atoms with Crippen molar-refractivity contribution in [1.29, 1.82) is 0 Å². The van der Waals surface area contributed by atoms with Crippen LogP contribution >= 0.6 is 19.0 Å². The van der Waals surface area contributed by atoms with Gasteiger partial charge in [-0.3, -0.25) is 0 Å². The second-order valence-corrected chi connectivity index (χ2v) is 17.7. The summed E-state index contributed by atoms with van der Waals surface area (Å²) in [5.41, 5.74) is 2.81. The van der Waals surface area contributed by atoms with Crippen molar-refractivity contribution in [1.82, 2.24) is 10.2 Å². The molecule has 9 heteroatoms. The van der Waals surface area contributed by atoms with Gasteiger partial charge in [-0.1, -0.05) is 6.07 Å². The number of esters is 1. The molecule has 7 rings (SSSR count). The van der Waals surface area contributed by atoms with E-state index in [1.807, 2.05) is 72.8 Å². The van der Waals surface area contributed by atoms with Crippen molar-refractivity contribution >= 4 is 52.7 Å². The molecule has 0 spiro atoms. The minimum atomic E-state index is -2.83. The quantitative estimate of drug-likeness (QED) is 0.107. The number of thioether (sulfide) groups is 1. The van der Waals surface area contributed by atoms with Gasteiger partial charge in [-0.15, -0.1) is 0 Å². The van der Waals surface area contributed by atoms with Crippen molar-refractivity contribution in [3.8, 4) is 5.75 Å². The predicted octanol–water partition coefficient (Wildman–Crippen LogP) is 5.36. The number of methoxy groups -OCH3 is 1. The van der Waals surface area contributed by atoms with E-state index in [0.717, 1.165) is 16.7 Å². The fourth-order valence-corrected chi connectivity index (χ4v) is 13.4. The molecule has 2 amide bonds. The average molecular weight is 715 g/mol. The van der Waals surface area contributed by atoms with E-state index in [9.17, 15) is 14.4 Å². The van der Waals surface area contributed by atoms with Crippen LogP contribution in [-0.2, 0) is 32.1 Å². The molecule has 2 aliphatic rings. The number of rotatable bonds is 12. The molecule has 1 N–H and O–H groups in total. The molecule has 2 heterocycles. The minimum absolute atomic E-state index is 0.0370. The van der Waals surface area contributed by atoms with Crippen LogP contribution in [0.5, 0.6) is 5.75 Å². The summed E-state index contributed by atoms with van der Waals surface area (Å²) in [5, 5.41) is 6.14. The van der Waals surface area contributed by atoms with Crippen molar-refractivity contribution in [2.24, 2.45) is 0 Å². The first-order valence-electron chi connectivity index (χ1n) is 16.9. The first-order valence-corrected chi connectivity index (χ1v) is 20.2. The Hall–Kier alpha value is -5.17. The fourth-order valence-electron chi connectivity index (χ4n) is 7.05. The van der Waals surface area contributed by atoms with Gasteiger partial charge in [-0.05, 0) is 0 Å². The van der Waals surface area contributed by atoms with Gasteiger partial charge in [0.05, 0.1) is 0 Å². The molecule has 258 valence electrons. The van der Waals surface area contributed by atoms with E-state index in [1.54, 1.807) is 23.8 Å². The molecule has 7 nitrogen and oxygen atoms in total. The fraction of sp³-hybridized carbons (Fsp3) is 0.167. The van der Waals surface area contributed by atoms with E-state index in [2.05, 4.69) is 78.1 Å². The van der Waals surface area contributed by atoms with E-state index < -0.39 is 24.6 Å². The number of fused-ring (bicyclic) bond motifs is 1. The zero-order valence-corrected chi connectivity index (χ0v) is 30.1. The van der Waals surface area contributed by atoms with Crippen LogP contribution in [0.4, 0.5) is 0 Å². The van der Waals surface area contributed by atoms with Crippen molar-refractivity contribution in [2.75, 3.05) is 19.0 Å². The van der Waals surface area contributed by atoms with Gasteiger partial charge in [0.2, 0.25) is 0 Å². The first kappa shape index (κ1) is 34.3.